The molecule has 2 aliphatic rings. The van der Waals surface area contributed by atoms with Crippen LogP contribution < -0.4 is 5.32 Å². The molecule has 2 rings (SSSR count). The molecule has 0 aromatic carbocycles. The summed E-state index contributed by atoms with van der Waals surface area (Å²) in [5.41, 5.74) is 0. The molecule has 0 spiro atoms. The Hall–Kier alpha value is -1.30. The first kappa shape index (κ1) is 17.1. The maximum absolute atomic E-state index is 12.5. The zero-order chi connectivity index (χ0) is 16.3. The fourth-order valence-corrected chi connectivity index (χ4v) is 2.92. The van der Waals surface area contributed by atoms with Gasteiger partial charge in [0.15, 0.2) is 0 Å². The molecule has 0 aromatic rings. The van der Waals surface area contributed by atoms with Gasteiger partial charge in [-0.15, -0.1) is 0 Å². The van der Waals surface area contributed by atoms with Crippen LogP contribution in [0, 0.1) is 0 Å². The van der Waals surface area contributed by atoms with Gasteiger partial charge in [0, 0.05) is 44.8 Å². The van der Waals surface area contributed by atoms with Crippen molar-refractivity contribution in [2.24, 2.45) is 0 Å². The normalized spacial score (nSPS) is 20.9. The average Bonchev–Trinajstić information content (AvgIpc) is 3.30. The number of piperazine rings is 1. The van der Waals surface area contributed by atoms with E-state index in [1.54, 1.807) is 0 Å². The van der Waals surface area contributed by atoms with Crippen LogP contribution in [0.25, 0.3) is 0 Å². The Balaban J connectivity index is 1.81. The van der Waals surface area contributed by atoms with Crippen LogP contribution in [0.4, 0.5) is 4.79 Å². The van der Waals surface area contributed by atoms with Gasteiger partial charge in [-0.1, -0.05) is 0 Å². The van der Waals surface area contributed by atoms with Crippen molar-refractivity contribution in [3.8, 4) is 0 Å². The molecule has 22 heavy (non-hydrogen) atoms. The molecular weight excluding hydrogens is 280 g/mol. The van der Waals surface area contributed by atoms with E-state index in [-0.39, 0.29) is 24.0 Å². The highest BCUT2D eigenvalue weighted by atomic mass is 16.2. The van der Waals surface area contributed by atoms with Crippen LogP contribution in [0.5, 0.6) is 0 Å². The van der Waals surface area contributed by atoms with Gasteiger partial charge in [-0.3, -0.25) is 9.69 Å². The third-order valence-corrected chi connectivity index (χ3v) is 4.65. The van der Waals surface area contributed by atoms with Gasteiger partial charge in [0.25, 0.3) is 0 Å². The first-order valence-electron chi connectivity index (χ1n) is 8.54. The number of urea groups is 1. The van der Waals surface area contributed by atoms with Gasteiger partial charge in [-0.25, -0.2) is 4.79 Å². The van der Waals surface area contributed by atoms with E-state index < -0.39 is 0 Å². The predicted octanol–water partition coefficient (Wildman–Crippen LogP) is 1.12. The molecule has 126 valence electrons. The van der Waals surface area contributed by atoms with Crippen LogP contribution in [0.15, 0.2) is 0 Å². The lowest BCUT2D eigenvalue weighted by molar-refractivity contribution is -0.126. The minimum atomic E-state index is -0.106. The standard InChI is InChI=1S/C16H30N4O2/c1-5-20(12(2)3)16(22)19-10-8-18(9-11-19)13(4)15(21)17-14-6-7-14/h12-14H,5-11H2,1-4H3,(H,17,21)/t13-/m0/s1. The minimum absolute atomic E-state index is 0.106. The van der Waals surface area contributed by atoms with Crippen molar-refractivity contribution in [2.45, 2.75) is 58.7 Å². The number of carbonyl (C=O) groups excluding carboxylic acids is 2. The molecule has 6 heteroatoms. The summed E-state index contributed by atoms with van der Waals surface area (Å²) >= 11 is 0. The summed E-state index contributed by atoms with van der Waals surface area (Å²) in [6, 6.07) is 0.637. The molecule has 0 unspecified atom stereocenters. The fraction of sp³-hybridized carbons (Fsp3) is 0.875. The molecule has 0 aromatic heterocycles. The molecule has 1 N–H and O–H groups in total. The lowest BCUT2D eigenvalue weighted by Gasteiger charge is -2.40. The number of nitrogens with one attached hydrogen (secondary N) is 1. The Morgan fingerprint density at radius 1 is 1.14 bits per heavy atom. The van der Waals surface area contributed by atoms with Gasteiger partial charge >= 0.3 is 6.03 Å². The predicted molar refractivity (Wildman–Crippen MR) is 86.7 cm³/mol. The molecule has 0 radical (unpaired) electrons. The van der Waals surface area contributed by atoms with E-state index in [1.807, 2.05) is 37.5 Å². The first-order valence-corrected chi connectivity index (χ1v) is 8.54. The lowest BCUT2D eigenvalue weighted by Crippen LogP contribution is -2.57. The van der Waals surface area contributed by atoms with Crippen molar-refractivity contribution in [3.05, 3.63) is 0 Å². The molecule has 6 nitrogen and oxygen atoms in total. The van der Waals surface area contributed by atoms with Crippen molar-refractivity contribution in [3.63, 3.8) is 0 Å². The van der Waals surface area contributed by atoms with E-state index >= 15 is 0 Å². The van der Waals surface area contributed by atoms with Crippen LogP contribution in [0.2, 0.25) is 0 Å². The SMILES string of the molecule is CCN(C(=O)N1CCN([C@@H](C)C(=O)NC2CC2)CC1)C(C)C. The van der Waals surface area contributed by atoms with Crippen LogP contribution in [-0.4, -0.2) is 77.5 Å². The largest absolute Gasteiger partial charge is 0.352 e. The van der Waals surface area contributed by atoms with Gasteiger partial charge in [0.1, 0.15) is 0 Å². The number of rotatable bonds is 5. The average molecular weight is 310 g/mol. The number of amides is 3. The zero-order valence-electron chi connectivity index (χ0n) is 14.3. The fourth-order valence-electron chi connectivity index (χ4n) is 2.92. The quantitative estimate of drug-likeness (QED) is 0.828. The smallest absolute Gasteiger partial charge is 0.320 e. The van der Waals surface area contributed by atoms with Crippen LogP contribution in [-0.2, 0) is 4.79 Å². The minimum Gasteiger partial charge on any atom is -0.352 e. The van der Waals surface area contributed by atoms with Crippen LogP contribution >= 0.6 is 0 Å². The summed E-state index contributed by atoms with van der Waals surface area (Å²) in [6.07, 6.45) is 2.23. The number of hydrogen-bond donors (Lipinski definition) is 1. The van der Waals surface area contributed by atoms with Crippen molar-refractivity contribution in [1.29, 1.82) is 0 Å². The topological polar surface area (TPSA) is 55.9 Å². The zero-order valence-corrected chi connectivity index (χ0v) is 14.3. The third kappa shape index (κ3) is 4.12. The van der Waals surface area contributed by atoms with Crippen LogP contribution in [0.3, 0.4) is 0 Å². The van der Waals surface area contributed by atoms with E-state index in [0.29, 0.717) is 19.1 Å². The molecule has 1 aliphatic carbocycles. The highest BCUT2D eigenvalue weighted by Gasteiger charge is 2.31. The van der Waals surface area contributed by atoms with Crippen molar-refractivity contribution in [2.75, 3.05) is 32.7 Å². The van der Waals surface area contributed by atoms with E-state index in [0.717, 1.165) is 32.5 Å². The summed E-state index contributed by atoms with van der Waals surface area (Å²) in [5, 5.41) is 3.06. The number of carbonyl (C=O) groups is 2. The van der Waals surface area contributed by atoms with E-state index in [9.17, 15) is 9.59 Å². The maximum atomic E-state index is 12.5. The molecule has 1 saturated heterocycles. The second kappa shape index (κ2) is 7.31. The Morgan fingerprint density at radius 2 is 1.73 bits per heavy atom. The van der Waals surface area contributed by atoms with Gasteiger partial charge in [0.05, 0.1) is 6.04 Å². The molecule has 1 heterocycles. The summed E-state index contributed by atoms with van der Waals surface area (Å²) in [4.78, 5) is 30.6. The lowest BCUT2D eigenvalue weighted by atomic mass is 10.2. The van der Waals surface area contributed by atoms with Gasteiger partial charge in [-0.2, -0.15) is 0 Å². The van der Waals surface area contributed by atoms with E-state index in [2.05, 4.69) is 10.2 Å². The van der Waals surface area contributed by atoms with Gasteiger partial charge in [-0.05, 0) is 40.5 Å². The van der Waals surface area contributed by atoms with Crippen molar-refractivity contribution in [1.82, 2.24) is 20.0 Å². The number of hydrogen-bond acceptors (Lipinski definition) is 3. The Morgan fingerprint density at radius 3 is 2.18 bits per heavy atom. The van der Waals surface area contributed by atoms with Crippen LogP contribution in [0.1, 0.15) is 40.5 Å². The Kier molecular flexibility index (Phi) is 5.67. The summed E-state index contributed by atoms with van der Waals surface area (Å²) in [5.74, 6) is 0.125. The first-order chi connectivity index (χ1) is 10.4. The second-order valence-electron chi connectivity index (χ2n) is 6.64. The molecule has 0 bridgehead atoms. The summed E-state index contributed by atoms with van der Waals surface area (Å²) in [7, 11) is 0. The monoisotopic (exact) mass is 310 g/mol. The summed E-state index contributed by atoms with van der Waals surface area (Å²) < 4.78 is 0. The number of nitrogens with zero attached hydrogens (tertiary/aromatic N) is 3. The maximum Gasteiger partial charge on any atom is 0.320 e. The third-order valence-electron chi connectivity index (χ3n) is 4.65. The highest BCUT2D eigenvalue weighted by molar-refractivity contribution is 5.82. The van der Waals surface area contributed by atoms with Gasteiger partial charge in [0.2, 0.25) is 5.91 Å². The summed E-state index contributed by atoms with van der Waals surface area (Å²) in [6.45, 7) is 11.7. The molecule has 2 fully saturated rings. The highest BCUT2D eigenvalue weighted by Crippen LogP contribution is 2.19. The van der Waals surface area contributed by atoms with E-state index in [1.165, 1.54) is 0 Å². The van der Waals surface area contributed by atoms with E-state index in [4.69, 9.17) is 0 Å². The molecule has 1 aliphatic heterocycles. The van der Waals surface area contributed by atoms with Gasteiger partial charge < -0.3 is 15.1 Å². The molecule has 1 atom stereocenters. The van der Waals surface area contributed by atoms with Crippen molar-refractivity contribution >= 4 is 11.9 Å². The molecule has 3 amide bonds. The van der Waals surface area contributed by atoms with Crippen molar-refractivity contribution < 1.29 is 9.59 Å². The Labute approximate surface area is 133 Å². The molecular formula is C16H30N4O2. The second-order valence-corrected chi connectivity index (χ2v) is 6.64. The Bertz CT molecular complexity index is 401. The molecule has 1 saturated carbocycles.